The first kappa shape index (κ1) is 12.8. The van der Waals surface area contributed by atoms with Crippen LogP contribution < -0.4 is 10.6 Å². The first-order valence-electron chi connectivity index (χ1n) is 6.92. The van der Waals surface area contributed by atoms with Crippen LogP contribution in [0.3, 0.4) is 0 Å². The fourth-order valence-corrected chi connectivity index (χ4v) is 2.76. The molecule has 2 rings (SSSR count). The standard InChI is InChI=1S/C13H25N3O/c1-16-8-5-11(6-9-16)4-7-14-10-12-2-3-13(17)15-12/h11-12,14H,2-10H2,1H3,(H,15,17). The van der Waals surface area contributed by atoms with Gasteiger partial charge in [-0.1, -0.05) is 0 Å². The maximum absolute atomic E-state index is 11.0. The maximum Gasteiger partial charge on any atom is 0.220 e. The van der Waals surface area contributed by atoms with Gasteiger partial charge in [0.2, 0.25) is 5.91 Å². The summed E-state index contributed by atoms with van der Waals surface area (Å²) in [6, 6.07) is 0.375. The monoisotopic (exact) mass is 239 g/mol. The highest BCUT2D eigenvalue weighted by atomic mass is 16.1. The molecule has 4 heteroatoms. The molecule has 17 heavy (non-hydrogen) atoms. The molecule has 2 aliphatic heterocycles. The van der Waals surface area contributed by atoms with E-state index in [0.717, 1.165) is 25.4 Å². The molecular weight excluding hydrogens is 214 g/mol. The summed E-state index contributed by atoms with van der Waals surface area (Å²) < 4.78 is 0. The maximum atomic E-state index is 11.0. The number of rotatable bonds is 5. The average molecular weight is 239 g/mol. The van der Waals surface area contributed by atoms with E-state index in [4.69, 9.17) is 0 Å². The van der Waals surface area contributed by atoms with Gasteiger partial charge in [-0.05, 0) is 58.3 Å². The summed E-state index contributed by atoms with van der Waals surface area (Å²) in [5.41, 5.74) is 0. The zero-order valence-electron chi connectivity index (χ0n) is 10.9. The van der Waals surface area contributed by atoms with Gasteiger partial charge in [-0.25, -0.2) is 0 Å². The molecule has 2 saturated heterocycles. The number of nitrogens with one attached hydrogen (secondary N) is 2. The fraction of sp³-hybridized carbons (Fsp3) is 0.923. The second-order valence-corrected chi connectivity index (χ2v) is 5.54. The van der Waals surface area contributed by atoms with Crippen LogP contribution in [0.15, 0.2) is 0 Å². The third-order valence-electron chi connectivity index (χ3n) is 4.04. The molecule has 2 aliphatic rings. The Morgan fingerprint density at radius 1 is 1.35 bits per heavy atom. The molecule has 0 aromatic rings. The Morgan fingerprint density at radius 2 is 2.12 bits per heavy atom. The van der Waals surface area contributed by atoms with Crippen LogP contribution in [0.2, 0.25) is 0 Å². The minimum Gasteiger partial charge on any atom is -0.352 e. The summed E-state index contributed by atoms with van der Waals surface area (Å²) in [5, 5.41) is 6.47. The first-order valence-corrected chi connectivity index (χ1v) is 6.92. The van der Waals surface area contributed by atoms with E-state index in [1.165, 1.54) is 32.4 Å². The van der Waals surface area contributed by atoms with Crippen LogP contribution in [-0.2, 0) is 4.79 Å². The summed E-state index contributed by atoms with van der Waals surface area (Å²) in [7, 11) is 2.21. The first-order chi connectivity index (χ1) is 8.24. The highest BCUT2D eigenvalue weighted by molar-refractivity contribution is 5.78. The molecule has 1 unspecified atom stereocenters. The van der Waals surface area contributed by atoms with Gasteiger partial charge < -0.3 is 15.5 Å². The van der Waals surface area contributed by atoms with Crippen molar-refractivity contribution in [3.8, 4) is 0 Å². The SMILES string of the molecule is CN1CCC(CCNCC2CCC(=O)N2)CC1. The fourth-order valence-electron chi connectivity index (χ4n) is 2.76. The number of hydrogen-bond donors (Lipinski definition) is 2. The number of carbonyl (C=O) groups is 1. The van der Waals surface area contributed by atoms with Crippen molar-refractivity contribution < 1.29 is 4.79 Å². The van der Waals surface area contributed by atoms with Gasteiger partial charge in [0, 0.05) is 19.0 Å². The molecule has 0 radical (unpaired) electrons. The summed E-state index contributed by atoms with van der Waals surface area (Å²) in [6.07, 6.45) is 5.69. The van der Waals surface area contributed by atoms with Gasteiger partial charge in [-0.3, -0.25) is 4.79 Å². The third-order valence-corrected chi connectivity index (χ3v) is 4.04. The van der Waals surface area contributed by atoms with Crippen molar-refractivity contribution in [3.05, 3.63) is 0 Å². The molecule has 0 aliphatic carbocycles. The van der Waals surface area contributed by atoms with E-state index in [1.807, 2.05) is 0 Å². The summed E-state index contributed by atoms with van der Waals surface area (Å²) >= 11 is 0. The third kappa shape index (κ3) is 4.28. The Kier molecular flexibility index (Phi) is 4.80. The molecule has 0 aromatic heterocycles. The second-order valence-electron chi connectivity index (χ2n) is 5.54. The van der Waals surface area contributed by atoms with E-state index in [0.29, 0.717) is 12.5 Å². The van der Waals surface area contributed by atoms with Crippen LogP contribution in [0.4, 0.5) is 0 Å². The Bertz CT molecular complexity index is 249. The van der Waals surface area contributed by atoms with Crippen molar-refractivity contribution in [2.75, 3.05) is 33.2 Å². The van der Waals surface area contributed by atoms with E-state index in [1.54, 1.807) is 0 Å². The molecule has 1 amide bonds. The lowest BCUT2D eigenvalue weighted by Gasteiger charge is -2.29. The van der Waals surface area contributed by atoms with Gasteiger partial charge in [-0.15, -0.1) is 0 Å². The summed E-state index contributed by atoms with van der Waals surface area (Å²) in [5.74, 6) is 1.11. The highest BCUT2D eigenvalue weighted by Crippen LogP contribution is 2.18. The summed E-state index contributed by atoms with van der Waals surface area (Å²) in [6.45, 7) is 4.55. The number of hydrogen-bond acceptors (Lipinski definition) is 3. The molecule has 0 spiro atoms. The van der Waals surface area contributed by atoms with Crippen molar-refractivity contribution in [1.29, 1.82) is 0 Å². The quantitative estimate of drug-likeness (QED) is 0.690. The lowest BCUT2D eigenvalue weighted by Crippen LogP contribution is -2.37. The van der Waals surface area contributed by atoms with E-state index in [2.05, 4.69) is 22.6 Å². The Balaban J connectivity index is 1.50. The molecule has 4 nitrogen and oxygen atoms in total. The van der Waals surface area contributed by atoms with Gasteiger partial charge in [0.1, 0.15) is 0 Å². The normalized spacial score (nSPS) is 27.4. The molecule has 2 N–H and O–H groups in total. The number of amides is 1. The average Bonchev–Trinajstić information content (AvgIpc) is 2.73. The van der Waals surface area contributed by atoms with Gasteiger partial charge >= 0.3 is 0 Å². The Labute approximate surface area is 104 Å². The number of nitrogens with zero attached hydrogens (tertiary/aromatic N) is 1. The topological polar surface area (TPSA) is 44.4 Å². The smallest absolute Gasteiger partial charge is 0.220 e. The zero-order chi connectivity index (χ0) is 12.1. The van der Waals surface area contributed by atoms with Crippen molar-refractivity contribution in [2.45, 2.75) is 38.1 Å². The van der Waals surface area contributed by atoms with Crippen LogP contribution in [-0.4, -0.2) is 50.1 Å². The molecule has 0 saturated carbocycles. The number of carbonyl (C=O) groups excluding carboxylic acids is 1. The highest BCUT2D eigenvalue weighted by Gasteiger charge is 2.20. The molecule has 2 heterocycles. The van der Waals surface area contributed by atoms with Crippen molar-refractivity contribution in [2.24, 2.45) is 5.92 Å². The lowest BCUT2D eigenvalue weighted by molar-refractivity contribution is -0.119. The predicted octanol–water partition coefficient (Wildman–Crippen LogP) is 0.587. The minimum absolute atomic E-state index is 0.215. The van der Waals surface area contributed by atoms with Crippen molar-refractivity contribution in [3.63, 3.8) is 0 Å². The van der Waals surface area contributed by atoms with Gasteiger partial charge in [-0.2, -0.15) is 0 Å². The Morgan fingerprint density at radius 3 is 2.76 bits per heavy atom. The second kappa shape index (κ2) is 6.36. The molecule has 0 aromatic carbocycles. The van der Waals surface area contributed by atoms with Gasteiger partial charge in [0.15, 0.2) is 0 Å². The molecule has 1 atom stereocenters. The lowest BCUT2D eigenvalue weighted by atomic mass is 9.94. The Hall–Kier alpha value is -0.610. The number of likely N-dealkylation sites (tertiary alicyclic amines) is 1. The van der Waals surface area contributed by atoms with Crippen molar-refractivity contribution in [1.82, 2.24) is 15.5 Å². The van der Waals surface area contributed by atoms with Crippen LogP contribution in [0, 0.1) is 5.92 Å². The van der Waals surface area contributed by atoms with E-state index < -0.39 is 0 Å². The van der Waals surface area contributed by atoms with Crippen LogP contribution in [0.25, 0.3) is 0 Å². The summed E-state index contributed by atoms with van der Waals surface area (Å²) in [4.78, 5) is 13.4. The van der Waals surface area contributed by atoms with E-state index >= 15 is 0 Å². The zero-order valence-corrected chi connectivity index (χ0v) is 10.9. The molecular formula is C13H25N3O. The molecule has 2 fully saturated rings. The van der Waals surface area contributed by atoms with Gasteiger partial charge in [0.25, 0.3) is 0 Å². The number of piperidine rings is 1. The van der Waals surface area contributed by atoms with Crippen molar-refractivity contribution >= 4 is 5.91 Å². The van der Waals surface area contributed by atoms with Gasteiger partial charge in [0.05, 0.1) is 0 Å². The van der Waals surface area contributed by atoms with Crippen LogP contribution in [0.5, 0.6) is 0 Å². The van der Waals surface area contributed by atoms with Crippen LogP contribution >= 0.6 is 0 Å². The van der Waals surface area contributed by atoms with Crippen LogP contribution in [0.1, 0.15) is 32.1 Å². The molecule has 98 valence electrons. The molecule has 0 bridgehead atoms. The predicted molar refractivity (Wildman–Crippen MR) is 68.9 cm³/mol. The van der Waals surface area contributed by atoms with E-state index in [-0.39, 0.29) is 5.91 Å². The van der Waals surface area contributed by atoms with E-state index in [9.17, 15) is 4.79 Å². The largest absolute Gasteiger partial charge is 0.352 e. The minimum atomic E-state index is 0.215.